The Bertz CT molecular complexity index is 864. The lowest BCUT2D eigenvalue weighted by Gasteiger charge is -2.01. The predicted octanol–water partition coefficient (Wildman–Crippen LogP) is 1.64. The number of aromatic amines is 1. The fraction of sp³-hybridized carbons (Fsp3) is 0.0909. The molecule has 0 saturated carbocycles. The van der Waals surface area contributed by atoms with E-state index in [-0.39, 0.29) is 10.6 Å². The Balaban J connectivity index is 1.98. The predicted molar refractivity (Wildman–Crippen MR) is 73.7 cm³/mol. The molecule has 3 aromatic rings. The van der Waals surface area contributed by atoms with Crippen LogP contribution in [0, 0.1) is 6.92 Å². The molecule has 0 fully saturated rings. The van der Waals surface area contributed by atoms with E-state index < -0.39 is 5.97 Å². The van der Waals surface area contributed by atoms with Crippen molar-refractivity contribution in [2.24, 2.45) is 0 Å². The lowest BCUT2D eigenvalue weighted by Crippen LogP contribution is -2.13. The standard InChI is InChI=1S/C11H8N4O3S2/c1-5-12-9(3-8-13-14-11(18)15(5)8)20-6-2-7(10(16)17)19-4-6/h2-4H,1H3,(H,14,18)(H,16,17). The van der Waals surface area contributed by atoms with Gasteiger partial charge in [-0.2, -0.15) is 5.10 Å². The summed E-state index contributed by atoms with van der Waals surface area (Å²) in [6, 6.07) is 3.27. The maximum atomic E-state index is 11.5. The molecule has 0 radical (unpaired) electrons. The summed E-state index contributed by atoms with van der Waals surface area (Å²) in [5.74, 6) is -0.419. The average Bonchev–Trinajstić information content (AvgIpc) is 2.97. The molecule has 3 heterocycles. The van der Waals surface area contributed by atoms with Crippen molar-refractivity contribution in [2.45, 2.75) is 16.8 Å². The Hall–Kier alpha value is -2.13. The minimum Gasteiger partial charge on any atom is -0.477 e. The normalized spacial score (nSPS) is 11.1. The van der Waals surface area contributed by atoms with E-state index in [0.717, 1.165) is 16.2 Å². The van der Waals surface area contributed by atoms with Gasteiger partial charge < -0.3 is 5.11 Å². The number of nitrogens with one attached hydrogen (secondary N) is 1. The van der Waals surface area contributed by atoms with Gasteiger partial charge in [0.25, 0.3) is 0 Å². The zero-order chi connectivity index (χ0) is 14.3. The molecule has 0 aliphatic heterocycles. The van der Waals surface area contributed by atoms with Crippen molar-refractivity contribution < 1.29 is 9.90 Å². The highest BCUT2D eigenvalue weighted by Gasteiger charge is 2.11. The van der Waals surface area contributed by atoms with Crippen molar-refractivity contribution >= 4 is 34.7 Å². The first kappa shape index (κ1) is 12.9. The SMILES string of the molecule is Cc1nc(Sc2csc(C(=O)O)c2)cc2n[nH]c(=O)n12. The summed E-state index contributed by atoms with van der Waals surface area (Å²) in [5, 5.41) is 17.6. The van der Waals surface area contributed by atoms with Gasteiger partial charge in [0, 0.05) is 16.3 Å². The van der Waals surface area contributed by atoms with Crippen molar-refractivity contribution in [2.75, 3.05) is 0 Å². The fourth-order valence-corrected chi connectivity index (χ4v) is 3.51. The number of fused-ring (bicyclic) bond motifs is 1. The highest BCUT2D eigenvalue weighted by atomic mass is 32.2. The number of H-pyrrole nitrogens is 1. The van der Waals surface area contributed by atoms with Gasteiger partial charge in [-0.3, -0.25) is 0 Å². The summed E-state index contributed by atoms with van der Waals surface area (Å²) < 4.78 is 1.38. The number of aryl methyl sites for hydroxylation is 1. The van der Waals surface area contributed by atoms with Crippen LogP contribution in [0.2, 0.25) is 0 Å². The fourth-order valence-electron chi connectivity index (χ4n) is 1.73. The molecule has 0 unspecified atom stereocenters. The van der Waals surface area contributed by atoms with E-state index in [9.17, 15) is 9.59 Å². The molecule has 0 aromatic carbocycles. The van der Waals surface area contributed by atoms with Gasteiger partial charge in [0.15, 0.2) is 5.65 Å². The third-order valence-corrected chi connectivity index (χ3v) is 4.51. The molecule has 102 valence electrons. The minimum absolute atomic E-state index is 0.279. The number of thiophene rings is 1. The van der Waals surface area contributed by atoms with Gasteiger partial charge in [0.2, 0.25) is 0 Å². The first-order chi connectivity index (χ1) is 9.54. The molecule has 2 N–H and O–H groups in total. The van der Waals surface area contributed by atoms with Gasteiger partial charge in [-0.15, -0.1) is 11.3 Å². The molecule has 20 heavy (non-hydrogen) atoms. The van der Waals surface area contributed by atoms with Crippen molar-refractivity contribution in [1.82, 2.24) is 19.6 Å². The summed E-state index contributed by atoms with van der Waals surface area (Å²) in [6.45, 7) is 1.71. The van der Waals surface area contributed by atoms with E-state index >= 15 is 0 Å². The van der Waals surface area contributed by atoms with E-state index in [0.29, 0.717) is 16.5 Å². The maximum absolute atomic E-state index is 11.5. The number of hydrogen-bond acceptors (Lipinski definition) is 6. The monoisotopic (exact) mass is 308 g/mol. The second kappa shape index (κ2) is 4.76. The first-order valence-corrected chi connectivity index (χ1v) is 7.18. The van der Waals surface area contributed by atoms with Gasteiger partial charge in [-0.1, -0.05) is 11.8 Å². The lowest BCUT2D eigenvalue weighted by atomic mass is 10.5. The van der Waals surface area contributed by atoms with E-state index in [2.05, 4.69) is 15.2 Å². The van der Waals surface area contributed by atoms with Gasteiger partial charge >= 0.3 is 11.7 Å². The Morgan fingerprint density at radius 1 is 1.50 bits per heavy atom. The second-order valence-corrected chi connectivity index (χ2v) is 5.92. The third kappa shape index (κ3) is 2.21. The Morgan fingerprint density at radius 2 is 2.30 bits per heavy atom. The molecule has 0 atom stereocenters. The first-order valence-electron chi connectivity index (χ1n) is 5.49. The molecule has 0 amide bonds. The molecule has 0 aliphatic rings. The lowest BCUT2D eigenvalue weighted by molar-refractivity contribution is 0.0702. The maximum Gasteiger partial charge on any atom is 0.349 e. The van der Waals surface area contributed by atoms with Crippen LogP contribution in [0.4, 0.5) is 0 Å². The number of carboxylic acid groups (broad SMARTS) is 1. The highest BCUT2D eigenvalue weighted by molar-refractivity contribution is 7.99. The molecule has 7 nitrogen and oxygen atoms in total. The van der Waals surface area contributed by atoms with Gasteiger partial charge in [0.1, 0.15) is 15.7 Å². The summed E-state index contributed by atoms with van der Waals surface area (Å²) in [7, 11) is 0. The Morgan fingerprint density at radius 3 is 3.00 bits per heavy atom. The average molecular weight is 308 g/mol. The van der Waals surface area contributed by atoms with Crippen LogP contribution in [-0.2, 0) is 0 Å². The molecule has 0 spiro atoms. The summed E-state index contributed by atoms with van der Waals surface area (Å²) >= 11 is 2.49. The van der Waals surface area contributed by atoms with Crippen LogP contribution >= 0.6 is 23.1 Å². The van der Waals surface area contributed by atoms with Crippen LogP contribution in [0.15, 0.2) is 32.2 Å². The number of rotatable bonds is 3. The Labute approximate surface area is 120 Å². The zero-order valence-electron chi connectivity index (χ0n) is 10.2. The van der Waals surface area contributed by atoms with E-state index in [1.54, 1.807) is 24.4 Å². The van der Waals surface area contributed by atoms with Gasteiger partial charge in [-0.05, 0) is 13.0 Å². The van der Waals surface area contributed by atoms with Gasteiger partial charge in [0.05, 0.1) is 0 Å². The number of carboxylic acids is 1. The smallest absolute Gasteiger partial charge is 0.349 e. The molecule has 3 rings (SSSR count). The topological polar surface area (TPSA) is 100 Å². The van der Waals surface area contributed by atoms with Crippen molar-refractivity contribution in [1.29, 1.82) is 0 Å². The summed E-state index contributed by atoms with van der Waals surface area (Å²) in [6.07, 6.45) is 0. The van der Waals surface area contributed by atoms with Crippen LogP contribution in [0.25, 0.3) is 5.65 Å². The molecule has 0 bridgehead atoms. The molecule has 0 aliphatic carbocycles. The van der Waals surface area contributed by atoms with Crippen LogP contribution in [0.5, 0.6) is 0 Å². The molecule has 3 aromatic heterocycles. The minimum atomic E-state index is -0.944. The quantitative estimate of drug-likeness (QED) is 0.713. The third-order valence-electron chi connectivity index (χ3n) is 2.56. The molecule has 0 saturated heterocycles. The molecule has 9 heteroatoms. The zero-order valence-corrected chi connectivity index (χ0v) is 11.8. The number of aromatic nitrogens is 4. The van der Waals surface area contributed by atoms with Crippen LogP contribution in [0.1, 0.15) is 15.5 Å². The number of hydrogen-bond donors (Lipinski definition) is 2. The molecular formula is C11H8N4O3S2. The van der Waals surface area contributed by atoms with Crippen molar-refractivity contribution in [3.8, 4) is 0 Å². The van der Waals surface area contributed by atoms with Crippen LogP contribution in [-0.4, -0.2) is 30.7 Å². The number of nitrogens with zero attached hydrogens (tertiary/aromatic N) is 3. The summed E-state index contributed by atoms with van der Waals surface area (Å²) in [5.41, 5.74) is 0.156. The summed E-state index contributed by atoms with van der Waals surface area (Å²) in [4.78, 5) is 27.7. The van der Waals surface area contributed by atoms with E-state index in [1.807, 2.05) is 0 Å². The van der Waals surface area contributed by atoms with Crippen molar-refractivity contribution in [3.05, 3.63) is 38.7 Å². The second-order valence-electron chi connectivity index (χ2n) is 3.92. The van der Waals surface area contributed by atoms with E-state index in [1.165, 1.54) is 16.2 Å². The van der Waals surface area contributed by atoms with Crippen molar-refractivity contribution in [3.63, 3.8) is 0 Å². The molecular weight excluding hydrogens is 300 g/mol. The number of aromatic carboxylic acids is 1. The van der Waals surface area contributed by atoms with Crippen LogP contribution < -0.4 is 5.69 Å². The van der Waals surface area contributed by atoms with Gasteiger partial charge in [-0.25, -0.2) is 24.1 Å². The Kier molecular flexibility index (Phi) is 3.07. The number of carbonyl (C=O) groups is 1. The van der Waals surface area contributed by atoms with Crippen LogP contribution in [0.3, 0.4) is 0 Å². The highest BCUT2D eigenvalue weighted by Crippen LogP contribution is 2.30. The largest absolute Gasteiger partial charge is 0.477 e. The van der Waals surface area contributed by atoms with E-state index in [4.69, 9.17) is 5.11 Å².